The van der Waals surface area contributed by atoms with Crippen molar-refractivity contribution in [3.63, 3.8) is 0 Å². The minimum Gasteiger partial charge on any atom is -0.396 e. The molecular weight excluding hydrogens is 164 g/mol. The van der Waals surface area contributed by atoms with Gasteiger partial charge in [-0.25, -0.2) is 0 Å². The van der Waals surface area contributed by atoms with Gasteiger partial charge in [0, 0.05) is 12.6 Å². The van der Waals surface area contributed by atoms with Crippen LogP contribution in [0.5, 0.6) is 0 Å². The molecule has 1 fully saturated rings. The summed E-state index contributed by atoms with van der Waals surface area (Å²) in [6, 6.07) is 0.531. The van der Waals surface area contributed by atoms with Gasteiger partial charge in [0.15, 0.2) is 0 Å². The lowest BCUT2D eigenvalue weighted by atomic mass is 9.96. The van der Waals surface area contributed by atoms with Crippen molar-refractivity contribution in [3.05, 3.63) is 0 Å². The summed E-state index contributed by atoms with van der Waals surface area (Å²) >= 11 is 0. The maximum absolute atomic E-state index is 8.82. The molecule has 1 saturated heterocycles. The van der Waals surface area contributed by atoms with E-state index in [0.29, 0.717) is 12.6 Å². The molecule has 0 aromatic rings. The van der Waals surface area contributed by atoms with Crippen molar-refractivity contribution in [3.8, 4) is 0 Å². The highest BCUT2D eigenvalue weighted by Crippen LogP contribution is 2.18. The third-order valence-corrected chi connectivity index (χ3v) is 3.15. The lowest BCUT2D eigenvalue weighted by Crippen LogP contribution is -2.41. The molecule has 0 spiro atoms. The van der Waals surface area contributed by atoms with Gasteiger partial charge in [-0.3, -0.25) is 0 Å². The topological polar surface area (TPSA) is 49.5 Å². The first kappa shape index (κ1) is 11.0. The first-order valence-corrected chi connectivity index (χ1v) is 5.33. The van der Waals surface area contributed by atoms with E-state index in [0.717, 1.165) is 32.0 Å². The van der Waals surface area contributed by atoms with Crippen LogP contribution in [0.1, 0.15) is 26.2 Å². The van der Waals surface area contributed by atoms with Gasteiger partial charge in [0.2, 0.25) is 0 Å². The Morgan fingerprint density at radius 2 is 2.08 bits per heavy atom. The minimum absolute atomic E-state index is 0.304. The van der Waals surface area contributed by atoms with E-state index in [1.54, 1.807) is 0 Å². The highest BCUT2D eigenvalue weighted by Gasteiger charge is 2.21. The molecule has 0 radical (unpaired) electrons. The summed E-state index contributed by atoms with van der Waals surface area (Å²) in [5.74, 6) is 0.734. The number of hydrogen-bond acceptors (Lipinski definition) is 3. The van der Waals surface area contributed by atoms with Gasteiger partial charge in [-0.1, -0.05) is 0 Å². The van der Waals surface area contributed by atoms with Gasteiger partial charge in [0.1, 0.15) is 0 Å². The van der Waals surface area contributed by atoms with E-state index < -0.39 is 0 Å². The summed E-state index contributed by atoms with van der Waals surface area (Å²) in [5.41, 5.74) is 5.62. The summed E-state index contributed by atoms with van der Waals surface area (Å²) in [7, 11) is 0. The van der Waals surface area contributed by atoms with E-state index in [1.165, 1.54) is 12.8 Å². The molecule has 1 heterocycles. The van der Waals surface area contributed by atoms with E-state index in [9.17, 15) is 0 Å². The van der Waals surface area contributed by atoms with Crippen molar-refractivity contribution in [2.24, 2.45) is 11.7 Å². The summed E-state index contributed by atoms with van der Waals surface area (Å²) in [5, 5.41) is 8.82. The van der Waals surface area contributed by atoms with Gasteiger partial charge in [-0.05, 0) is 51.7 Å². The van der Waals surface area contributed by atoms with Gasteiger partial charge in [-0.2, -0.15) is 0 Å². The zero-order valence-electron chi connectivity index (χ0n) is 8.58. The van der Waals surface area contributed by atoms with Crippen LogP contribution in [0, 0.1) is 5.92 Å². The first-order chi connectivity index (χ1) is 6.27. The quantitative estimate of drug-likeness (QED) is 0.669. The average molecular weight is 186 g/mol. The van der Waals surface area contributed by atoms with E-state index in [1.807, 2.05) is 0 Å². The average Bonchev–Trinajstić information content (AvgIpc) is 2.18. The van der Waals surface area contributed by atoms with Crippen molar-refractivity contribution in [2.75, 3.05) is 26.2 Å². The second-order valence-electron chi connectivity index (χ2n) is 4.08. The minimum atomic E-state index is 0.304. The van der Waals surface area contributed by atoms with Gasteiger partial charge in [-0.15, -0.1) is 0 Å². The molecule has 1 rings (SSSR count). The summed E-state index contributed by atoms with van der Waals surface area (Å²) in [6.45, 7) is 5.64. The van der Waals surface area contributed by atoms with E-state index in [-0.39, 0.29) is 0 Å². The van der Waals surface area contributed by atoms with Crippen molar-refractivity contribution < 1.29 is 5.11 Å². The Morgan fingerprint density at radius 1 is 1.46 bits per heavy atom. The zero-order chi connectivity index (χ0) is 9.68. The number of rotatable bonds is 4. The fourth-order valence-electron chi connectivity index (χ4n) is 2.00. The fraction of sp³-hybridized carbons (Fsp3) is 1.00. The Hall–Kier alpha value is -0.120. The molecule has 1 aliphatic heterocycles. The molecule has 13 heavy (non-hydrogen) atoms. The molecular formula is C10H22N2O. The molecule has 3 nitrogen and oxygen atoms in total. The molecule has 3 heteroatoms. The van der Waals surface area contributed by atoms with Crippen LogP contribution in [0.3, 0.4) is 0 Å². The lowest BCUT2D eigenvalue weighted by Gasteiger charge is -2.35. The second kappa shape index (κ2) is 5.58. The van der Waals surface area contributed by atoms with Gasteiger partial charge < -0.3 is 15.7 Å². The number of hydrogen-bond donors (Lipinski definition) is 2. The Kier molecular flexibility index (Phi) is 4.70. The SMILES string of the molecule is CC(CCO)N1CCC(CN)CC1. The van der Waals surface area contributed by atoms with Crippen LogP contribution < -0.4 is 5.73 Å². The molecule has 0 saturated carbocycles. The number of nitrogens with two attached hydrogens (primary N) is 1. The van der Waals surface area contributed by atoms with Crippen LogP contribution in [0.2, 0.25) is 0 Å². The molecule has 0 bridgehead atoms. The zero-order valence-corrected chi connectivity index (χ0v) is 8.58. The van der Waals surface area contributed by atoms with Crippen molar-refractivity contribution in [1.29, 1.82) is 0 Å². The van der Waals surface area contributed by atoms with Gasteiger partial charge in [0.25, 0.3) is 0 Å². The van der Waals surface area contributed by atoms with Crippen LogP contribution in [0.15, 0.2) is 0 Å². The highest BCUT2D eigenvalue weighted by molar-refractivity contribution is 4.76. The third kappa shape index (κ3) is 3.25. The third-order valence-electron chi connectivity index (χ3n) is 3.15. The van der Waals surface area contributed by atoms with Gasteiger partial charge >= 0.3 is 0 Å². The molecule has 0 aromatic carbocycles. The molecule has 1 atom stereocenters. The predicted octanol–water partition coefficient (Wildman–Crippen LogP) is 0.428. The van der Waals surface area contributed by atoms with Gasteiger partial charge in [0.05, 0.1) is 0 Å². The highest BCUT2D eigenvalue weighted by atomic mass is 16.3. The Morgan fingerprint density at radius 3 is 2.54 bits per heavy atom. The van der Waals surface area contributed by atoms with Crippen LogP contribution in [0.25, 0.3) is 0 Å². The molecule has 0 amide bonds. The van der Waals surface area contributed by atoms with E-state index >= 15 is 0 Å². The molecule has 1 aliphatic rings. The van der Waals surface area contributed by atoms with Crippen molar-refractivity contribution in [2.45, 2.75) is 32.2 Å². The Labute approximate surface area is 80.9 Å². The number of nitrogens with zero attached hydrogens (tertiary/aromatic N) is 1. The number of piperidine rings is 1. The van der Waals surface area contributed by atoms with E-state index in [2.05, 4.69) is 11.8 Å². The maximum Gasteiger partial charge on any atom is 0.0445 e. The van der Waals surface area contributed by atoms with E-state index in [4.69, 9.17) is 10.8 Å². The molecule has 0 aromatic heterocycles. The number of aliphatic hydroxyl groups is 1. The molecule has 0 aliphatic carbocycles. The second-order valence-corrected chi connectivity index (χ2v) is 4.08. The largest absolute Gasteiger partial charge is 0.396 e. The standard InChI is InChI=1S/C10H22N2O/c1-9(4-7-13)12-5-2-10(8-11)3-6-12/h9-10,13H,2-8,11H2,1H3. The molecule has 78 valence electrons. The monoisotopic (exact) mass is 186 g/mol. The smallest absolute Gasteiger partial charge is 0.0445 e. The fourth-order valence-corrected chi connectivity index (χ4v) is 2.00. The molecule has 1 unspecified atom stereocenters. The van der Waals surface area contributed by atoms with Crippen molar-refractivity contribution in [1.82, 2.24) is 4.90 Å². The van der Waals surface area contributed by atoms with Crippen LogP contribution in [0.4, 0.5) is 0 Å². The molecule has 3 N–H and O–H groups in total. The number of aliphatic hydroxyl groups excluding tert-OH is 1. The summed E-state index contributed by atoms with van der Waals surface area (Å²) in [4.78, 5) is 2.46. The normalized spacial score (nSPS) is 23.3. The van der Waals surface area contributed by atoms with Crippen LogP contribution >= 0.6 is 0 Å². The Balaban J connectivity index is 2.23. The first-order valence-electron chi connectivity index (χ1n) is 5.33. The number of likely N-dealkylation sites (tertiary alicyclic amines) is 1. The van der Waals surface area contributed by atoms with Crippen LogP contribution in [-0.4, -0.2) is 42.3 Å². The Bertz CT molecular complexity index is 133. The summed E-state index contributed by atoms with van der Waals surface area (Å²) < 4.78 is 0. The van der Waals surface area contributed by atoms with Crippen molar-refractivity contribution >= 4 is 0 Å². The lowest BCUT2D eigenvalue weighted by molar-refractivity contribution is 0.122. The predicted molar refractivity (Wildman–Crippen MR) is 54.5 cm³/mol. The maximum atomic E-state index is 8.82. The van der Waals surface area contributed by atoms with Crippen LogP contribution in [-0.2, 0) is 0 Å². The summed E-state index contributed by atoms with van der Waals surface area (Å²) in [6.07, 6.45) is 3.35.